The molecule has 6 heteroatoms. The van der Waals surface area contributed by atoms with Crippen LogP contribution in [0.3, 0.4) is 0 Å². The average molecular weight is 236 g/mol. The van der Waals surface area contributed by atoms with Gasteiger partial charge in [0.2, 0.25) is 0 Å². The first-order valence-electron chi connectivity index (χ1n) is 5.03. The smallest absolute Gasteiger partial charge is 0.257 e. The number of carbonyl (C=O) groups excluding carboxylic acids is 1. The zero-order valence-corrected chi connectivity index (χ0v) is 9.64. The molecule has 0 fully saturated rings. The largest absolute Gasteiger partial charge is 0.381 e. The molecule has 0 saturated heterocycles. The number of amides is 1. The van der Waals surface area contributed by atoms with Gasteiger partial charge in [-0.25, -0.2) is 9.37 Å². The molecule has 17 heavy (non-hydrogen) atoms. The minimum atomic E-state index is -0.825. The van der Waals surface area contributed by atoms with Crippen LogP contribution in [0.4, 0.5) is 10.2 Å². The maximum atomic E-state index is 13.6. The van der Waals surface area contributed by atoms with E-state index in [0.29, 0.717) is 0 Å². The summed E-state index contributed by atoms with van der Waals surface area (Å²) in [6, 6.07) is 2.93. The lowest BCUT2D eigenvalue weighted by molar-refractivity contribution is 0.0741. The Balaban J connectivity index is 2.97. The van der Waals surface area contributed by atoms with Crippen molar-refractivity contribution in [3.63, 3.8) is 0 Å². The van der Waals surface area contributed by atoms with Crippen molar-refractivity contribution in [2.24, 2.45) is 0 Å². The van der Waals surface area contributed by atoms with Crippen molar-refractivity contribution >= 4 is 11.7 Å². The van der Waals surface area contributed by atoms with Crippen LogP contribution in [0, 0.1) is 17.1 Å². The first kappa shape index (κ1) is 12.9. The van der Waals surface area contributed by atoms with Crippen LogP contribution in [-0.2, 0) is 0 Å². The molecule has 0 aromatic carbocycles. The first-order valence-corrected chi connectivity index (χ1v) is 5.03. The highest BCUT2D eigenvalue weighted by Crippen LogP contribution is 2.15. The standard InChI is InChI=1S/C11H13FN4O/c1-7(3-5-13)16(2)11(17)8-4-6-15-10(14)9(8)12/h4,6-7H,3H2,1-2H3,(H2,14,15). The maximum absolute atomic E-state index is 13.6. The molecule has 1 atom stereocenters. The monoisotopic (exact) mass is 236 g/mol. The van der Waals surface area contributed by atoms with Gasteiger partial charge in [0, 0.05) is 19.3 Å². The van der Waals surface area contributed by atoms with Crippen LogP contribution in [-0.4, -0.2) is 28.9 Å². The third-order valence-corrected chi connectivity index (χ3v) is 2.51. The second kappa shape index (κ2) is 5.25. The van der Waals surface area contributed by atoms with Gasteiger partial charge in [-0.15, -0.1) is 0 Å². The first-order chi connectivity index (χ1) is 7.99. The summed E-state index contributed by atoms with van der Waals surface area (Å²) in [5.74, 6) is -1.65. The molecule has 1 unspecified atom stereocenters. The normalized spacial score (nSPS) is 11.6. The lowest BCUT2D eigenvalue weighted by atomic mass is 10.1. The van der Waals surface area contributed by atoms with Crippen molar-refractivity contribution in [1.82, 2.24) is 9.88 Å². The molecular weight excluding hydrogens is 223 g/mol. The molecule has 0 radical (unpaired) electrons. The van der Waals surface area contributed by atoms with Gasteiger partial charge in [-0.3, -0.25) is 4.79 Å². The molecule has 5 nitrogen and oxygen atoms in total. The number of nitrogens with two attached hydrogens (primary N) is 1. The molecule has 1 heterocycles. The Kier molecular flexibility index (Phi) is 3.99. The summed E-state index contributed by atoms with van der Waals surface area (Å²) >= 11 is 0. The summed E-state index contributed by atoms with van der Waals surface area (Å²) in [7, 11) is 1.51. The van der Waals surface area contributed by atoms with E-state index in [-0.39, 0.29) is 23.8 Å². The van der Waals surface area contributed by atoms with E-state index in [4.69, 9.17) is 11.0 Å². The number of halogens is 1. The molecule has 1 amide bonds. The van der Waals surface area contributed by atoms with Crippen molar-refractivity contribution < 1.29 is 9.18 Å². The number of rotatable bonds is 3. The third-order valence-electron chi connectivity index (χ3n) is 2.51. The van der Waals surface area contributed by atoms with Gasteiger partial charge in [-0.05, 0) is 13.0 Å². The van der Waals surface area contributed by atoms with Gasteiger partial charge in [-0.1, -0.05) is 0 Å². The molecule has 0 aliphatic carbocycles. The van der Waals surface area contributed by atoms with Gasteiger partial charge in [0.25, 0.3) is 5.91 Å². The number of carbonyl (C=O) groups is 1. The summed E-state index contributed by atoms with van der Waals surface area (Å²) < 4.78 is 13.6. The Labute approximate surface area is 98.7 Å². The van der Waals surface area contributed by atoms with Crippen LogP contribution in [0.5, 0.6) is 0 Å². The molecule has 2 N–H and O–H groups in total. The molecule has 1 aromatic rings. The lowest BCUT2D eigenvalue weighted by Crippen LogP contribution is -2.35. The number of aromatic nitrogens is 1. The summed E-state index contributed by atoms with van der Waals surface area (Å²) in [4.78, 5) is 16.8. The van der Waals surface area contributed by atoms with E-state index >= 15 is 0 Å². The third kappa shape index (κ3) is 2.69. The van der Waals surface area contributed by atoms with Crippen molar-refractivity contribution in [2.75, 3.05) is 12.8 Å². The Bertz CT molecular complexity index is 469. The Morgan fingerprint density at radius 1 is 1.76 bits per heavy atom. The van der Waals surface area contributed by atoms with Crippen LogP contribution in [0.25, 0.3) is 0 Å². The predicted octanol–water partition coefficient (Wildman–Crippen LogP) is 1.18. The zero-order valence-electron chi connectivity index (χ0n) is 9.64. The number of hydrogen-bond acceptors (Lipinski definition) is 4. The van der Waals surface area contributed by atoms with Crippen LogP contribution in [0.2, 0.25) is 0 Å². The number of nitriles is 1. The van der Waals surface area contributed by atoms with E-state index in [1.165, 1.54) is 24.2 Å². The van der Waals surface area contributed by atoms with Crippen LogP contribution >= 0.6 is 0 Å². The second-order valence-corrected chi connectivity index (χ2v) is 3.69. The molecule has 0 aliphatic heterocycles. The zero-order chi connectivity index (χ0) is 13.0. The Morgan fingerprint density at radius 2 is 2.41 bits per heavy atom. The van der Waals surface area contributed by atoms with Gasteiger partial charge < -0.3 is 10.6 Å². The van der Waals surface area contributed by atoms with E-state index in [9.17, 15) is 9.18 Å². The molecular formula is C11H13FN4O. The SMILES string of the molecule is CC(CC#N)N(C)C(=O)c1ccnc(N)c1F. The molecule has 1 aromatic heterocycles. The Morgan fingerprint density at radius 3 is 3.00 bits per heavy atom. The van der Waals surface area contributed by atoms with Crippen LogP contribution in [0.15, 0.2) is 12.3 Å². The number of pyridine rings is 1. The van der Waals surface area contributed by atoms with Crippen LogP contribution in [0.1, 0.15) is 23.7 Å². The molecule has 1 rings (SSSR count). The van der Waals surface area contributed by atoms with Crippen LogP contribution < -0.4 is 5.73 Å². The van der Waals surface area contributed by atoms with Crippen molar-refractivity contribution in [3.8, 4) is 6.07 Å². The fourth-order valence-corrected chi connectivity index (χ4v) is 1.28. The van der Waals surface area contributed by atoms with Crippen molar-refractivity contribution in [3.05, 3.63) is 23.6 Å². The highest BCUT2D eigenvalue weighted by atomic mass is 19.1. The lowest BCUT2D eigenvalue weighted by Gasteiger charge is -2.23. The molecule has 0 saturated carbocycles. The van der Waals surface area contributed by atoms with Gasteiger partial charge in [-0.2, -0.15) is 5.26 Å². The van der Waals surface area contributed by atoms with E-state index in [2.05, 4.69) is 4.98 Å². The van der Waals surface area contributed by atoms with Gasteiger partial charge in [0.05, 0.1) is 18.1 Å². The highest BCUT2D eigenvalue weighted by Gasteiger charge is 2.21. The van der Waals surface area contributed by atoms with Gasteiger partial charge in [0.1, 0.15) is 0 Å². The molecule has 0 spiro atoms. The topological polar surface area (TPSA) is 83.0 Å². The fourth-order valence-electron chi connectivity index (χ4n) is 1.28. The summed E-state index contributed by atoms with van der Waals surface area (Å²) in [6.45, 7) is 1.71. The van der Waals surface area contributed by atoms with E-state index < -0.39 is 11.7 Å². The Hall–Kier alpha value is -2.16. The number of anilines is 1. The molecule has 90 valence electrons. The van der Waals surface area contributed by atoms with E-state index in [0.717, 1.165) is 0 Å². The fraction of sp³-hybridized carbons (Fsp3) is 0.364. The highest BCUT2D eigenvalue weighted by molar-refractivity contribution is 5.95. The summed E-state index contributed by atoms with van der Waals surface area (Å²) in [5.41, 5.74) is 5.15. The number of nitrogen functional groups attached to an aromatic ring is 1. The minimum absolute atomic E-state index is 0.134. The second-order valence-electron chi connectivity index (χ2n) is 3.69. The van der Waals surface area contributed by atoms with E-state index in [1.807, 2.05) is 6.07 Å². The average Bonchev–Trinajstić information content (AvgIpc) is 2.31. The minimum Gasteiger partial charge on any atom is -0.381 e. The summed E-state index contributed by atoms with van der Waals surface area (Å²) in [5, 5.41) is 8.54. The molecule has 0 aliphatic rings. The predicted molar refractivity (Wildman–Crippen MR) is 60.4 cm³/mol. The molecule has 0 bridgehead atoms. The van der Waals surface area contributed by atoms with E-state index in [1.54, 1.807) is 6.92 Å². The van der Waals surface area contributed by atoms with Gasteiger partial charge >= 0.3 is 0 Å². The van der Waals surface area contributed by atoms with Crippen molar-refractivity contribution in [2.45, 2.75) is 19.4 Å². The number of nitrogens with zero attached hydrogens (tertiary/aromatic N) is 3. The number of hydrogen-bond donors (Lipinski definition) is 1. The van der Waals surface area contributed by atoms with Gasteiger partial charge in [0.15, 0.2) is 11.6 Å². The maximum Gasteiger partial charge on any atom is 0.257 e. The quantitative estimate of drug-likeness (QED) is 0.854. The summed E-state index contributed by atoms with van der Waals surface area (Å²) in [6.07, 6.45) is 1.46. The van der Waals surface area contributed by atoms with Crippen molar-refractivity contribution in [1.29, 1.82) is 5.26 Å².